The molecule has 0 spiro atoms. The van der Waals surface area contributed by atoms with Crippen LogP contribution in [0.2, 0.25) is 5.02 Å². The maximum atomic E-state index is 12.4. The van der Waals surface area contributed by atoms with Crippen molar-refractivity contribution in [2.24, 2.45) is 11.8 Å². The van der Waals surface area contributed by atoms with Crippen LogP contribution < -0.4 is 15.4 Å². The van der Waals surface area contributed by atoms with E-state index in [-0.39, 0.29) is 23.7 Å². The van der Waals surface area contributed by atoms with E-state index in [0.29, 0.717) is 22.9 Å². The lowest BCUT2D eigenvalue weighted by molar-refractivity contribution is -0.122. The third-order valence-corrected chi connectivity index (χ3v) is 4.40. The molecule has 0 aliphatic heterocycles. The van der Waals surface area contributed by atoms with Crippen molar-refractivity contribution in [1.82, 2.24) is 0 Å². The van der Waals surface area contributed by atoms with Gasteiger partial charge in [0.1, 0.15) is 5.75 Å². The van der Waals surface area contributed by atoms with Gasteiger partial charge >= 0.3 is 0 Å². The molecule has 0 bridgehead atoms. The molecule has 25 heavy (non-hydrogen) atoms. The van der Waals surface area contributed by atoms with Crippen LogP contribution in [-0.2, 0) is 9.59 Å². The molecule has 2 unspecified atom stereocenters. The Morgan fingerprint density at radius 2 is 1.80 bits per heavy atom. The van der Waals surface area contributed by atoms with Crippen molar-refractivity contribution in [3.05, 3.63) is 53.1 Å². The number of rotatable bonds is 5. The fourth-order valence-electron chi connectivity index (χ4n) is 2.74. The van der Waals surface area contributed by atoms with Gasteiger partial charge in [-0.05, 0) is 49.2 Å². The first-order valence-corrected chi connectivity index (χ1v) is 8.37. The van der Waals surface area contributed by atoms with Crippen LogP contribution in [0.4, 0.5) is 11.4 Å². The average molecular weight is 359 g/mol. The van der Waals surface area contributed by atoms with Gasteiger partial charge in [0, 0.05) is 10.7 Å². The number of carbonyl (C=O) groups is 2. The van der Waals surface area contributed by atoms with E-state index in [4.69, 9.17) is 16.3 Å². The van der Waals surface area contributed by atoms with Gasteiger partial charge in [-0.3, -0.25) is 9.59 Å². The maximum Gasteiger partial charge on any atom is 0.228 e. The van der Waals surface area contributed by atoms with E-state index in [2.05, 4.69) is 10.6 Å². The molecule has 1 aliphatic carbocycles. The number of halogens is 1. The minimum atomic E-state index is -0.339. The summed E-state index contributed by atoms with van der Waals surface area (Å²) in [6.45, 7) is 1.96. The standard InChI is InChI=1S/C19H19ClN2O3/c1-11-4-3-5-13(8-11)21-18(23)14-10-15(14)19(24)22-16-9-12(20)6-7-17(16)25-2/h3-9,14-15H,10H2,1-2H3,(H,21,23)(H,22,24). The molecule has 2 N–H and O–H groups in total. The van der Waals surface area contributed by atoms with Crippen LogP contribution in [0.5, 0.6) is 5.75 Å². The topological polar surface area (TPSA) is 67.4 Å². The van der Waals surface area contributed by atoms with E-state index in [1.54, 1.807) is 18.2 Å². The van der Waals surface area contributed by atoms with Crippen molar-refractivity contribution >= 4 is 34.8 Å². The summed E-state index contributed by atoms with van der Waals surface area (Å²) >= 11 is 5.96. The van der Waals surface area contributed by atoms with Crippen LogP contribution in [0.1, 0.15) is 12.0 Å². The van der Waals surface area contributed by atoms with E-state index in [1.165, 1.54) is 7.11 Å². The van der Waals surface area contributed by atoms with E-state index < -0.39 is 0 Å². The van der Waals surface area contributed by atoms with Crippen LogP contribution in [-0.4, -0.2) is 18.9 Å². The highest BCUT2D eigenvalue weighted by Crippen LogP contribution is 2.41. The molecule has 2 amide bonds. The second-order valence-corrected chi connectivity index (χ2v) is 6.58. The average Bonchev–Trinajstić information content (AvgIpc) is 3.36. The number of benzene rings is 2. The first kappa shape index (κ1) is 17.3. The Hall–Kier alpha value is -2.53. The van der Waals surface area contributed by atoms with Gasteiger partial charge in [-0.2, -0.15) is 0 Å². The van der Waals surface area contributed by atoms with Crippen LogP contribution in [0.15, 0.2) is 42.5 Å². The summed E-state index contributed by atoms with van der Waals surface area (Å²) in [5.74, 6) is -0.466. The molecular formula is C19H19ClN2O3. The Balaban J connectivity index is 1.60. The van der Waals surface area contributed by atoms with E-state index in [0.717, 1.165) is 11.3 Å². The predicted molar refractivity (Wildman–Crippen MR) is 98.0 cm³/mol. The lowest BCUT2D eigenvalue weighted by Gasteiger charge is -2.10. The normalized spacial score (nSPS) is 18.4. The van der Waals surface area contributed by atoms with Gasteiger partial charge in [-0.1, -0.05) is 23.7 Å². The molecule has 6 heteroatoms. The van der Waals surface area contributed by atoms with Gasteiger partial charge in [0.2, 0.25) is 11.8 Å². The van der Waals surface area contributed by atoms with Gasteiger partial charge < -0.3 is 15.4 Å². The Morgan fingerprint density at radius 3 is 2.48 bits per heavy atom. The second-order valence-electron chi connectivity index (χ2n) is 6.14. The highest BCUT2D eigenvalue weighted by molar-refractivity contribution is 6.31. The lowest BCUT2D eigenvalue weighted by Crippen LogP contribution is -2.20. The number of hydrogen-bond acceptors (Lipinski definition) is 3. The second kappa shape index (κ2) is 7.15. The predicted octanol–water partition coefficient (Wildman–Crippen LogP) is 3.87. The molecule has 2 aromatic rings. The lowest BCUT2D eigenvalue weighted by atomic mass is 10.2. The molecule has 1 aliphatic rings. The molecule has 5 nitrogen and oxygen atoms in total. The highest BCUT2D eigenvalue weighted by Gasteiger charge is 2.48. The van der Waals surface area contributed by atoms with Crippen molar-refractivity contribution in [3.8, 4) is 5.75 Å². The fraction of sp³-hybridized carbons (Fsp3) is 0.263. The van der Waals surface area contributed by atoms with Crippen LogP contribution in [0.3, 0.4) is 0 Å². The molecular weight excluding hydrogens is 340 g/mol. The quantitative estimate of drug-likeness (QED) is 0.852. The smallest absolute Gasteiger partial charge is 0.228 e. The summed E-state index contributed by atoms with van der Waals surface area (Å²) < 4.78 is 5.21. The van der Waals surface area contributed by atoms with E-state index >= 15 is 0 Å². The molecule has 0 heterocycles. The third-order valence-electron chi connectivity index (χ3n) is 4.17. The number of aryl methyl sites for hydroxylation is 1. The molecule has 1 saturated carbocycles. The SMILES string of the molecule is COc1ccc(Cl)cc1NC(=O)C1CC1C(=O)Nc1cccc(C)c1. The zero-order chi connectivity index (χ0) is 18.0. The third kappa shape index (κ3) is 4.12. The van der Waals surface area contributed by atoms with Crippen LogP contribution >= 0.6 is 11.6 Å². The van der Waals surface area contributed by atoms with Gasteiger partial charge in [0.15, 0.2) is 0 Å². The summed E-state index contributed by atoms with van der Waals surface area (Å²) in [6.07, 6.45) is 0.534. The molecule has 0 radical (unpaired) electrons. The Bertz CT molecular complexity index is 822. The molecule has 3 rings (SSSR count). The molecule has 0 aromatic heterocycles. The Kier molecular flexibility index (Phi) is 4.95. The Labute approximate surface area is 151 Å². The van der Waals surface area contributed by atoms with Crippen LogP contribution in [0.25, 0.3) is 0 Å². The molecule has 2 aromatic carbocycles. The summed E-state index contributed by atoms with van der Waals surface area (Å²) in [6, 6.07) is 12.6. The number of hydrogen-bond donors (Lipinski definition) is 2. The van der Waals surface area contributed by atoms with Crippen molar-refractivity contribution in [2.75, 3.05) is 17.7 Å². The zero-order valence-electron chi connectivity index (χ0n) is 14.0. The minimum absolute atomic E-state index is 0.135. The number of methoxy groups -OCH3 is 1. The van der Waals surface area contributed by atoms with Gasteiger partial charge in [0.05, 0.1) is 24.6 Å². The number of anilines is 2. The molecule has 0 saturated heterocycles. The fourth-order valence-corrected chi connectivity index (χ4v) is 2.91. The first-order chi connectivity index (χ1) is 12.0. The van der Waals surface area contributed by atoms with E-state index in [9.17, 15) is 9.59 Å². The molecule has 1 fully saturated rings. The van der Waals surface area contributed by atoms with Crippen molar-refractivity contribution in [3.63, 3.8) is 0 Å². The number of nitrogens with one attached hydrogen (secondary N) is 2. The number of amides is 2. The number of carbonyl (C=O) groups excluding carboxylic acids is 2. The summed E-state index contributed by atoms with van der Waals surface area (Å²) in [7, 11) is 1.52. The first-order valence-electron chi connectivity index (χ1n) is 8.00. The van der Waals surface area contributed by atoms with Crippen molar-refractivity contribution in [1.29, 1.82) is 0 Å². The van der Waals surface area contributed by atoms with E-state index in [1.807, 2.05) is 31.2 Å². The summed E-state index contributed by atoms with van der Waals surface area (Å²) in [5.41, 5.74) is 2.31. The summed E-state index contributed by atoms with van der Waals surface area (Å²) in [4.78, 5) is 24.7. The summed E-state index contributed by atoms with van der Waals surface area (Å²) in [5, 5.41) is 6.15. The van der Waals surface area contributed by atoms with Crippen molar-refractivity contribution < 1.29 is 14.3 Å². The van der Waals surface area contributed by atoms with Gasteiger partial charge in [-0.15, -0.1) is 0 Å². The molecule has 130 valence electrons. The van der Waals surface area contributed by atoms with Gasteiger partial charge in [0.25, 0.3) is 0 Å². The number of ether oxygens (including phenoxy) is 1. The zero-order valence-corrected chi connectivity index (χ0v) is 14.8. The van der Waals surface area contributed by atoms with Crippen LogP contribution in [0, 0.1) is 18.8 Å². The van der Waals surface area contributed by atoms with Crippen molar-refractivity contribution in [2.45, 2.75) is 13.3 Å². The minimum Gasteiger partial charge on any atom is -0.495 e. The monoisotopic (exact) mass is 358 g/mol. The Morgan fingerprint density at radius 1 is 1.08 bits per heavy atom. The maximum absolute atomic E-state index is 12.4. The highest BCUT2D eigenvalue weighted by atomic mass is 35.5. The largest absolute Gasteiger partial charge is 0.495 e. The van der Waals surface area contributed by atoms with Gasteiger partial charge in [-0.25, -0.2) is 0 Å². The molecule has 2 atom stereocenters.